The Morgan fingerprint density at radius 3 is 2.13 bits per heavy atom. The van der Waals surface area contributed by atoms with Gasteiger partial charge in [-0.2, -0.15) is 0 Å². The highest BCUT2D eigenvalue weighted by atomic mass is 32.2. The minimum Gasteiger partial charge on any atom is -0.493 e. The van der Waals surface area contributed by atoms with Crippen molar-refractivity contribution >= 4 is 27.6 Å². The van der Waals surface area contributed by atoms with Gasteiger partial charge in [-0.3, -0.25) is 9.52 Å². The molecule has 0 bridgehead atoms. The van der Waals surface area contributed by atoms with Crippen molar-refractivity contribution in [1.82, 2.24) is 0 Å². The summed E-state index contributed by atoms with van der Waals surface area (Å²) in [5.74, 6) is 0.972. The van der Waals surface area contributed by atoms with Crippen LogP contribution in [0.25, 0.3) is 6.08 Å². The molecule has 0 aromatic heterocycles. The second-order valence-electron chi connectivity index (χ2n) is 6.81. The van der Waals surface area contributed by atoms with Gasteiger partial charge in [-0.15, -0.1) is 0 Å². The Kier molecular flexibility index (Phi) is 6.77. The van der Waals surface area contributed by atoms with E-state index in [-0.39, 0.29) is 10.7 Å². The Morgan fingerprint density at radius 1 is 0.871 bits per heavy atom. The third kappa shape index (κ3) is 5.52. The zero-order valence-electron chi connectivity index (χ0n) is 17.5. The average molecular weight is 438 g/mol. The molecule has 0 radical (unpaired) electrons. The highest BCUT2D eigenvalue weighted by Crippen LogP contribution is 2.28. The fourth-order valence-electron chi connectivity index (χ4n) is 2.86. The molecule has 3 aromatic rings. The number of ether oxygens (including phenoxy) is 2. The van der Waals surface area contributed by atoms with Gasteiger partial charge in [0.2, 0.25) is 0 Å². The summed E-state index contributed by atoms with van der Waals surface area (Å²) in [6.07, 6.45) is 3.13. The molecule has 0 aliphatic heterocycles. The van der Waals surface area contributed by atoms with Crippen molar-refractivity contribution in [2.24, 2.45) is 0 Å². The summed E-state index contributed by atoms with van der Waals surface area (Å²) in [5, 5.41) is 0. The molecule has 3 aromatic carbocycles. The highest BCUT2D eigenvalue weighted by molar-refractivity contribution is 7.92. The normalized spacial score (nSPS) is 11.3. The topological polar surface area (TPSA) is 81.7 Å². The first-order valence-corrected chi connectivity index (χ1v) is 10.9. The van der Waals surface area contributed by atoms with Crippen LogP contribution in [-0.2, 0) is 10.0 Å². The maximum absolute atomic E-state index is 12.5. The number of methoxy groups -OCH3 is 2. The Bertz CT molecular complexity index is 1200. The zero-order valence-corrected chi connectivity index (χ0v) is 18.3. The van der Waals surface area contributed by atoms with E-state index in [1.807, 2.05) is 13.0 Å². The van der Waals surface area contributed by atoms with E-state index in [0.717, 1.165) is 11.1 Å². The fraction of sp³-hybridized carbons (Fsp3) is 0.125. The van der Waals surface area contributed by atoms with Crippen molar-refractivity contribution in [3.63, 3.8) is 0 Å². The van der Waals surface area contributed by atoms with Crippen LogP contribution in [0.5, 0.6) is 11.5 Å². The Morgan fingerprint density at radius 2 is 1.52 bits per heavy atom. The molecule has 0 amide bonds. The number of nitrogens with one attached hydrogen (secondary N) is 1. The van der Waals surface area contributed by atoms with E-state index in [2.05, 4.69) is 4.72 Å². The minimum atomic E-state index is -3.69. The molecule has 6 nitrogen and oxygen atoms in total. The fourth-order valence-corrected chi connectivity index (χ4v) is 3.92. The van der Waals surface area contributed by atoms with Crippen LogP contribution in [0.1, 0.15) is 21.5 Å². The lowest BCUT2D eigenvalue weighted by Gasteiger charge is -2.09. The number of hydrogen-bond acceptors (Lipinski definition) is 5. The minimum absolute atomic E-state index is 0.177. The maximum Gasteiger partial charge on any atom is 0.261 e. The molecule has 1 N–H and O–H groups in total. The molecule has 160 valence electrons. The zero-order chi connectivity index (χ0) is 22.4. The van der Waals surface area contributed by atoms with E-state index >= 15 is 0 Å². The number of carbonyl (C=O) groups excluding carboxylic acids is 1. The van der Waals surface area contributed by atoms with Gasteiger partial charge in [0.1, 0.15) is 0 Å². The molecule has 0 fully saturated rings. The monoisotopic (exact) mass is 437 g/mol. The lowest BCUT2D eigenvalue weighted by molar-refractivity contribution is 0.104. The first-order chi connectivity index (χ1) is 14.8. The molecular formula is C24H23NO5S. The van der Waals surface area contributed by atoms with Crippen molar-refractivity contribution in [3.8, 4) is 11.5 Å². The van der Waals surface area contributed by atoms with Gasteiger partial charge in [-0.25, -0.2) is 8.42 Å². The van der Waals surface area contributed by atoms with E-state index in [1.165, 1.54) is 6.08 Å². The van der Waals surface area contributed by atoms with Crippen molar-refractivity contribution in [2.75, 3.05) is 18.9 Å². The van der Waals surface area contributed by atoms with Crippen LogP contribution in [-0.4, -0.2) is 28.4 Å². The number of aryl methyl sites for hydroxylation is 1. The van der Waals surface area contributed by atoms with Crippen molar-refractivity contribution in [3.05, 3.63) is 89.5 Å². The number of hydrogen-bond donors (Lipinski definition) is 1. The molecule has 7 heteroatoms. The first kappa shape index (κ1) is 22.1. The van der Waals surface area contributed by atoms with Gasteiger partial charge in [0.25, 0.3) is 10.0 Å². The van der Waals surface area contributed by atoms with Crippen LogP contribution < -0.4 is 14.2 Å². The van der Waals surface area contributed by atoms with Crippen molar-refractivity contribution in [1.29, 1.82) is 0 Å². The predicted molar refractivity (Wildman–Crippen MR) is 121 cm³/mol. The first-order valence-electron chi connectivity index (χ1n) is 9.46. The number of rotatable bonds is 8. The van der Waals surface area contributed by atoms with Gasteiger partial charge in [-0.1, -0.05) is 29.8 Å². The van der Waals surface area contributed by atoms with Gasteiger partial charge < -0.3 is 9.47 Å². The smallest absolute Gasteiger partial charge is 0.261 e. The summed E-state index contributed by atoms with van der Waals surface area (Å²) in [7, 11) is -0.589. The van der Waals surface area contributed by atoms with Crippen LogP contribution >= 0.6 is 0 Å². The molecule has 0 saturated carbocycles. The highest BCUT2D eigenvalue weighted by Gasteiger charge is 2.14. The molecule has 0 aliphatic rings. The SMILES string of the molecule is COc1ccc(/C=C/C(=O)c2ccc(NS(=O)(=O)c3ccc(C)cc3)cc2)cc1OC. The number of allylic oxidation sites excluding steroid dienone is 1. The molecule has 0 unspecified atom stereocenters. The average Bonchev–Trinajstić information content (AvgIpc) is 2.77. The summed E-state index contributed by atoms with van der Waals surface area (Å²) in [6, 6.07) is 18.2. The summed E-state index contributed by atoms with van der Waals surface area (Å²) >= 11 is 0. The molecule has 0 spiro atoms. The summed E-state index contributed by atoms with van der Waals surface area (Å²) < 4.78 is 37.9. The molecule has 3 rings (SSSR count). The van der Waals surface area contributed by atoms with Crippen LogP contribution in [0.2, 0.25) is 0 Å². The number of benzene rings is 3. The summed E-state index contributed by atoms with van der Waals surface area (Å²) in [6.45, 7) is 1.89. The van der Waals surface area contributed by atoms with Crippen LogP contribution in [0.15, 0.2) is 77.7 Å². The third-order valence-corrected chi connectivity index (χ3v) is 5.98. The number of sulfonamides is 1. The van der Waals surface area contributed by atoms with Gasteiger partial charge in [0, 0.05) is 11.3 Å². The van der Waals surface area contributed by atoms with Crippen molar-refractivity contribution in [2.45, 2.75) is 11.8 Å². The largest absolute Gasteiger partial charge is 0.493 e. The van der Waals surface area contributed by atoms with Crippen LogP contribution in [0, 0.1) is 6.92 Å². The number of anilines is 1. The van der Waals surface area contributed by atoms with E-state index < -0.39 is 10.0 Å². The second kappa shape index (κ2) is 9.49. The molecule has 0 atom stereocenters. The van der Waals surface area contributed by atoms with E-state index in [1.54, 1.807) is 81.0 Å². The summed E-state index contributed by atoms with van der Waals surface area (Å²) in [4.78, 5) is 12.6. The Hall–Kier alpha value is -3.58. The van der Waals surface area contributed by atoms with Gasteiger partial charge in [-0.05, 0) is 67.1 Å². The number of carbonyl (C=O) groups is 1. The van der Waals surface area contributed by atoms with E-state index in [9.17, 15) is 13.2 Å². The van der Waals surface area contributed by atoms with Gasteiger partial charge in [0.15, 0.2) is 17.3 Å². The van der Waals surface area contributed by atoms with Crippen molar-refractivity contribution < 1.29 is 22.7 Å². The lowest BCUT2D eigenvalue weighted by atomic mass is 10.1. The predicted octanol–water partition coefficient (Wildman–Crippen LogP) is 4.71. The third-order valence-electron chi connectivity index (χ3n) is 4.59. The van der Waals surface area contributed by atoms with E-state index in [0.29, 0.717) is 22.7 Å². The standard InChI is InChI=1S/C24H23NO5S/c1-17-4-12-21(13-5-17)31(27,28)25-20-10-8-19(9-11-20)22(26)14-6-18-7-15-23(29-2)24(16-18)30-3/h4-16,25H,1-3H3/b14-6+. The maximum atomic E-state index is 12.5. The molecular weight excluding hydrogens is 414 g/mol. The molecule has 0 saturated heterocycles. The van der Waals surface area contributed by atoms with Crippen LogP contribution in [0.3, 0.4) is 0 Å². The van der Waals surface area contributed by atoms with Gasteiger partial charge in [0.05, 0.1) is 19.1 Å². The molecule has 0 heterocycles. The Balaban J connectivity index is 1.70. The van der Waals surface area contributed by atoms with Crippen LogP contribution in [0.4, 0.5) is 5.69 Å². The van der Waals surface area contributed by atoms with Gasteiger partial charge >= 0.3 is 0 Å². The quantitative estimate of drug-likeness (QED) is 0.408. The molecule has 0 aliphatic carbocycles. The lowest BCUT2D eigenvalue weighted by Crippen LogP contribution is -2.13. The second-order valence-corrected chi connectivity index (χ2v) is 8.49. The summed E-state index contributed by atoms with van der Waals surface area (Å²) in [5.41, 5.74) is 2.58. The number of ketones is 1. The Labute approximate surface area is 182 Å². The molecule has 31 heavy (non-hydrogen) atoms. The van der Waals surface area contributed by atoms with E-state index in [4.69, 9.17) is 9.47 Å².